The molecule has 4 heterocycles. The van der Waals surface area contributed by atoms with Crippen molar-refractivity contribution < 1.29 is 58.7 Å². The van der Waals surface area contributed by atoms with Crippen LogP contribution in [0.25, 0.3) is 0 Å². The monoisotopic (exact) mass is 829 g/mol. The molecule has 3 fully saturated rings. The maximum absolute atomic E-state index is 14.4. The maximum Gasteiger partial charge on any atom is 0.311 e. The van der Waals surface area contributed by atoms with E-state index < -0.39 is 95.5 Å². The normalized spacial score (nSPS) is 47.0. The number of methoxy groups -OCH3 is 1. The van der Waals surface area contributed by atoms with Crippen LogP contribution in [0.4, 0.5) is 0 Å². The van der Waals surface area contributed by atoms with E-state index in [1.54, 1.807) is 65.6 Å². The first-order chi connectivity index (χ1) is 26.8. The van der Waals surface area contributed by atoms with Gasteiger partial charge in [-0.25, -0.2) is 4.98 Å². The molecular weight excluding hydrogens is 752 g/mol. The Bertz CT molecular complexity index is 1500. The summed E-state index contributed by atoms with van der Waals surface area (Å²) in [6, 6.07) is -0.849. The molecule has 0 radical (unpaired) electrons. The lowest BCUT2D eigenvalue weighted by Crippen LogP contribution is -2.65. The average molecular weight is 829 g/mol. The molecule has 0 unspecified atom stereocenters. The number of esters is 1. The minimum Gasteiger partial charge on any atom is -0.459 e. The van der Waals surface area contributed by atoms with E-state index in [0.717, 1.165) is 0 Å². The van der Waals surface area contributed by atoms with Gasteiger partial charge in [-0.15, -0.1) is 0 Å². The fraction of sp³-hybridized carbons (Fsp3) is 0.905. The first-order valence-corrected chi connectivity index (χ1v) is 21.0. The summed E-state index contributed by atoms with van der Waals surface area (Å²) < 4.78 is 40.2. The van der Waals surface area contributed by atoms with Gasteiger partial charge in [0.05, 0.1) is 35.9 Å². The molecule has 3 aliphatic rings. The minimum atomic E-state index is -1.83. The van der Waals surface area contributed by atoms with Gasteiger partial charge in [0.2, 0.25) is 0 Å². The zero-order valence-electron chi connectivity index (χ0n) is 37.7. The number of hydrogen-bond acceptors (Lipinski definition) is 15. The Morgan fingerprint density at radius 1 is 0.983 bits per heavy atom. The molecule has 3 saturated heterocycles. The zero-order valence-corrected chi connectivity index (χ0v) is 37.7. The number of carbonyl (C=O) groups excluding carboxylic acids is 1. The molecule has 58 heavy (non-hydrogen) atoms. The van der Waals surface area contributed by atoms with Crippen molar-refractivity contribution in [2.45, 2.75) is 185 Å². The third kappa shape index (κ3) is 9.63. The quantitative estimate of drug-likeness (QED) is 0.239. The highest BCUT2D eigenvalue weighted by atomic mass is 16.7. The van der Waals surface area contributed by atoms with Crippen molar-refractivity contribution in [3.63, 3.8) is 0 Å². The molecular formula is C42H76N4O12. The summed E-state index contributed by atoms with van der Waals surface area (Å²) in [6.07, 6.45) is -4.71. The number of imidazole rings is 1. The molecule has 0 aromatic carbocycles. The van der Waals surface area contributed by atoms with Gasteiger partial charge in [-0.3, -0.25) is 4.79 Å². The Kier molecular flexibility index (Phi) is 15.7. The van der Waals surface area contributed by atoms with Crippen molar-refractivity contribution >= 4 is 5.97 Å². The molecule has 3 aliphatic heterocycles. The van der Waals surface area contributed by atoms with Crippen molar-refractivity contribution in [3.8, 4) is 0 Å². The van der Waals surface area contributed by atoms with Crippen LogP contribution < -0.4 is 0 Å². The Morgan fingerprint density at radius 2 is 1.62 bits per heavy atom. The lowest BCUT2D eigenvalue weighted by atomic mass is 9.74. The van der Waals surface area contributed by atoms with Crippen LogP contribution in [0.1, 0.15) is 101 Å². The Balaban J connectivity index is 1.85. The van der Waals surface area contributed by atoms with Crippen LogP contribution in [0.2, 0.25) is 0 Å². The van der Waals surface area contributed by atoms with Gasteiger partial charge in [-0.05, 0) is 94.8 Å². The summed E-state index contributed by atoms with van der Waals surface area (Å²) in [4.78, 5) is 22.7. The Hall–Kier alpha value is -1.80. The number of aromatic nitrogens is 2. The fourth-order valence-corrected chi connectivity index (χ4v) is 9.89. The minimum absolute atomic E-state index is 0.0102. The molecule has 0 amide bonds. The highest BCUT2D eigenvalue weighted by Crippen LogP contribution is 2.47. The second kappa shape index (κ2) is 18.7. The molecule has 5 N–H and O–H groups in total. The number of ether oxygens (including phenoxy) is 6. The van der Waals surface area contributed by atoms with Gasteiger partial charge in [-0.2, -0.15) is 0 Å². The highest BCUT2D eigenvalue weighted by molar-refractivity contribution is 5.73. The van der Waals surface area contributed by atoms with Crippen molar-refractivity contribution in [1.29, 1.82) is 0 Å². The highest BCUT2D eigenvalue weighted by Gasteiger charge is 2.61. The van der Waals surface area contributed by atoms with Crippen LogP contribution in [0.5, 0.6) is 0 Å². The van der Waals surface area contributed by atoms with Crippen LogP contribution in [0, 0.1) is 17.8 Å². The van der Waals surface area contributed by atoms with Crippen LogP contribution in [0.15, 0.2) is 12.4 Å². The molecule has 0 saturated carbocycles. The average Bonchev–Trinajstić information content (AvgIpc) is 3.58. The van der Waals surface area contributed by atoms with Crippen LogP contribution >= 0.6 is 0 Å². The number of likely N-dealkylation sites (N-methyl/N-ethyl adjacent to an activating group) is 2. The number of nitrogens with zero attached hydrogens (tertiary/aromatic N) is 4. The van der Waals surface area contributed by atoms with E-state index in [4.69, 9.17) is 28.4 Å². The van der Waals surface area contributed by atoms with Crippen molar-refractivity contribution in [3.05, 3.63) is 18.2 Å². The van der Waals surface area contributed by atoms with Crippen LogP contribution in [-0.2, 0) is 45.9 Å². The maximum atomic E-state index is 14.4. The molecule has 4 rings (SSSR count). The molecule has 1 aromatic rings. The van der Waals surface area contributed by atoms with Gasteiger partial charge >= 0.3 is 5.97 Å². The lowest BCUT2D eigenvalue weighted by molar-refractivity contribution is -0.343. The molecule has 336 valence electrons. The molecule has 1 aromatic heterocycles. The second-order valence-corrected chi connectivity index (χ2v) is 18.7. The summed E-state index contributed by atoms with van der Waals surface area (Å²) >= 11 is 0. The van der Waals surface area contributed by atoms with Crippen molar-refractivity contribution in [2.24, 2.45) is 24.8 Å². The van der Waals surface area contributed by atoms with Crippen LogP contribution in [0.3, 0.4) is 0 Å². The number of cyclic esters (lactones) is 1. The molecule has 16 heteroatoms. The van der Waals surface area contributed by atoms with Gasteiger partial charge in [0.25, 0.3) is 0 Å². The number of carbonyl (C=O) groups is 1. The Labute approximate surface area is 346 Å². The summed E-state index contributed by atoms with van der Waals surface area (Å²) in [7, 11) is 8.88. The predicted molar refractivity (Wildman–Crippen MR) is 215 cm³/mol. The van der Waals surface area contributed by atoms with Crippen molar-refractivity contribution in [1.82, 2.24) is 19.4 Å². The SMILES string of the molecule is CC[C@H]1OC(=O)[C@H](C)[C@@H](O[C@H]2C[C@@](C)(OC)[C@@](O)(c3nccn3C)[C@H](C)O2)[C@H](C)[C@@H](O[C@@H]2O[C@H](C)C[C@H](N(C)C)[C@H]2O)[C@](C)(O)C[C@@H](C)CN(C)[C@H](C)[C@@H](O)[C@]1(C)O. The van der Waals surface area contributed by atoms with E-state index in [9.17, 15) is 30.3 Å². The smallest absolute Gasteiger partial charge is 0.311 e. The summed E-state index contributed by atoms with van der Waals surface area (Å²) in [5, 5.41) is 60.0. The standard InChI is InChI=1S/C42H76N4O12/c1-16-30-41(10,51)34(48)27(6)46(14)22-23(2)20-39(8,50)35(58-37-32(47)29(44(11)12)19-24(3)54-37)25(4)33(26(5)36(49)56-30)57-31-21-40(9,53-15)42(52,28(7)55-31)38-43-17-18-45(38)13/h17-18,23-35,37,47-48,50-52H,16,19-22H2,1-15H3/t23-,24-,25+,26-,27-,28+,29+,30-,31+,32-,33+,34-,35-,37+,39-,40-,41-,42+/m1/s1. The topological polar surface area (TPSA) is 198 Å². The first kappa shape index (κ1) is 48.9. The predicted octanol–water partition coefficient (Wildman–Crippen LogP) is 2.16. The molecule has 0 bridgehead atoms. The van der Waals surface area contributed by atoms with E-state index in [0.29, 0.717) is 18.8 Å². The van der Waals surface area contributed by atoms with Gasteiger partial charge in [0, 0.05) is 57.5 Å². The second-order valence-electron chi connectivity index (χ2n) is 18.7. The first-order valence-electron chi connectivity index (χ1n) is 21.0. The van der Waals surface area contributed by atoms with Crippen LogP contribution in [-0.4, -0.2) is 170 Å². The number of aryl methyl sites for hydroxylation is 1. The number of aliphatic hydroxyl groups excluding tert-OH is 2. The summed E-state index contributed by atoms with van der Waals surface area (Å²) in [5.74, 6) is -2.39. The van der Waals surface area contributed by atoms with E-state index in [1.165, 1.54) is 14.0 Å². The third-order valence-corrected chi connectivity index (χ3v) is 13.7. The number of hydrogen-bond donors (Lipinski definition) is 5. The number of aliphatic hydroxyl groups is 5. The fourth-order valence-electron chi connectivity index (χ4n) is 9.89. The van der Waals surface area contributed by atoms with Gasteiger partial charge in [0.15, 0.2) is 18.2 Å². The Morgan fingerprint density at radius 3 is 2.17 bits per heavy atom. The number of rotatable bonds is 8. The molecule has 16 nitrogen and oxygen atoms in total. The van der Waals surface area contributed by atoms with E-state index >= 15 is 0 Å². The third-order valence-electron chi connectivity index (χ3n) is 13.7. The van der Waals surface area contributed by atoms with E-state index in [1.807, 2.05) is 51.7 Å². The largest absolute Gasteiger partial charge is 0.459 e. The summed E-state index contributed by atoms with van der Waals surface area (Å²) in [5.41, 5.74) is -6.42. The molecule has 0 aliphatic carbocycles. The van der Waals surface area contributed by atoms with Crippen molar-refractivity contribution in [2.75, 3.05) is 34.8 Å². The van der Waals surface area contributed by atoms with Gasteiger partial charge in [0.1, 0.15) is 35.3 Å². The summed E-state index contributed by atoms with van der Waals surface area (Å²) in [6.45, 7) is 18.0. The molecule has 0 spiro atoms. The van der Waals surface area contributed by atoms with E-state index in [-0.39, 0.29) is 37.3 Å². The van der Waals surface area contributed by atoms with Gasteiger partial charge < -0.3 is 68.3 Å². The molecule has 18 atom stereocenters. The lowest BCUT2D eigenvalue weighted by Gasteiger charge is -2.53. The van der Waals surface area contributed by atoms with E-state index in [2.05, 4.69) is 4.98 Å². The van der Waals surface area contributed by atoms with Gasteiger partial charge in [-0.1, -0.05) is 20.8 Å². The zero-order chi connectivity index (χ0) is 43.9.